The van der Waals surface area contributed by atoms with Crippen molar-refractivity contribution in [2.45, 2.75) is 39.3 Å². The van der Waals surface area contributed by atoms with E-state index in [0.717, 1.165) is 31.0 Å². The van der Waals surface area contributed by atoms with E-state index in [2.05, 4.69) is 46.8 Å². The standard InChI is InChI=1S/C14H18N4/c1-9-3-4-10(2)12(7-9)14-17-16-13-6-5-11(15)8-18(13)14/h3-4,7,11H,5-6,8,15H2,1-2H3. The second-order valence-electron chi connectivity index (χ2n) is 5.17. The van der Waals surface area contributed by atoms with Crippen LogP contribution in [0.1, 0.15) is 23.4 Å². The highest BCUT2D eigenvalue weighted by molar-refractivity contribution is 5.61. The Morgan fingerprint density at radius 1 is 1.28 bits per heavy atom. The number of hydrogen-bond acceptors (Lipinski definition) is 3. The minimum atomic E-state index is 0.220. The molecule has 0 saturated carbocycles. The van der Waals surface area contributed by atoms with Gasteiger partial charge in [-0.1, -0.05) is 17.7 Å². The SMILES string of the molecule is Cc1ccc(C)c(-c2nnc3n2CC(N)CC3)c1. The highest BCUT2D eigenvalue weighted by atomic mass is 15.3. The van der Waals surface area contributed by atoms with Gasteiger partial charge in [0.2, 0.25) is 0 Å². The molecule has 1 aliphatic heterocycles. The second-order valence-corrected chi connectivity index (χ2v) is 5.17. The van der Waals surface area contributed by atoms with Gasteiger partial charge in [-0.05, 0) is 31.9 Å². The molecule has 1 aromatic carbocycles. The molecule has 0 saturated heterocycles. The number of hydrogen-bond donors (Lipinski definition) is 1. The molecule has 4 nitrogen and oxygen atoms in total. The molecule has 1 atom stereocenters. The highest BCUT2D eigenvalue weighted by Gasteiger charge is 2.21. The molecule has 0 fully saturated rings. The number of nitrogens with two attached hydrogens (primary N) is 1. The smallest absolute Gasteiger partial charge is 0.164 e. The maximum absolute atomic E-state index is 6.05. The number of benzene rings is 1. The summed E-state index contributed by atoms with van der Waals surface area (Å²) in [5.41, 5.74) is 9.69. The van der Waals surface area contributed by atoms with Crippen LogP contribution >= 0.6 is 0 Å². The molecule has 1 aromatic heterocycles. The van der Waals surface area contributed by atoms with E-state index in [-0.39, 0.29) is 6.04 Å². The van der Waals surface area contributed by atoms with Gasteiger partial charge in [-0.3, -0.25) is 0 Å². The Morgan fingerprint density at radius 3 is 2.94 bits per heavy atom. The molecule has 1 unspecified atom stereocenters. The first-order valence-electron chi connectivity index (χ1n) is 6.40. The maximum Gasteiger partial charge on any atom is 0.164 e. The van der Waals surface area contributed by atoms with Crippen molar-refractivity contribution in [1.29, 1.82) is 0 Å². The van der Waals surface area contributed by atoms with Crippen LogP contribution in [0.2, 0.25) is 0 Å². The molecule has 0 bridgehead atoms. The maximum atomic E-state index is 6.05. The molecule has 4 heteroatoms. The lowest BCUT2D eigenvalue weighted by Crippen LogP contribution is -2.32. The fourth-order valence-corrected chi connectivity index (χ4v) is 2.53. The van der Waals surface area contributed by atoms with Crippen molar-refractivity contribution >= 4 is 0 Å². The number of fused-ring (bicyclic) bond motifs is 1. The Balaban J connectivity index is 2.12. The summed E-state index contributed by atoms with van der Waals surface area (Å²) in [5.74, 6) is 2.02. The lowest BCUT2D eigenvalue weighted by atomic mass is 10.0. The van der Waals surface area contributed by atoms with Crippen molar-refractivity contribution in [1.82, 2.24) is 14.8 Å². The summed E-state index contributed by atoms with van der Waals surface area (Å²) < 4.78 is 2.18. The molecule has 0 aliphatic carbocycles. The van der Waals surface area contributed by atoms with Gasteiger partial charge >= 0.3 is 0 Å². The molecule has 1 aliphatic rings. The van der Waals surface area contributed by atoms with Crippen LogP contribution in [0, 0.1) is 13.8 Å². The van der Waals surface area contributed by atoms with Gasteiger partial charge in [-0.25, -0.2) is 0 Å². The topological polar surface area (TPSA) is 56.7 Å². The molecule has 0 amide bonds. The number of rotatable bonds is 1. The fraction of sp³-hybridized carbons (Fsp3) is 0.429. The molecule has 3 rings (SSSR count). The van der Waals surface area contributed by atoms with E-state index < -0.39 is 0 Å². The first-order chi connectivity index (χ1) is 8.65. The number of aryl methyl sites for hydroxylation is 3. The van der Waals surface area contributed by atoms with Crippen LogP contribution in [0.15, 0.2) is 18.2 Å². The first kappa shape index (κ1) is 11.4. The van der Waals surface area contributed by atoms with E-state index in [0.29, 0.717) is 0 Å². The molecule has 18 heavy (non-hydrogen) atoms. The van der Waals surface area contributed by atoms with Crippen LogP contribution < -0.4 is 5.73 Å². The molecular formula is C14H18N4. The van der Waals surface area contributed by atoms with Crippen molar-refractivity contribution in [3.8, 4) is 11.4 Å². The van der Waals surface area contributed by atoms with Crippen LogP contribution in [0.5, 0.6) is 0 Å². The van der Waals surface area contributed by atoms with Crippen molar-refractivity contribution in [3.05, 3.63) is 35.2 Å². The first-order valence-corrected chi connectivity index (χ1v) is 6.40. The van der Waals surface area contributed by atoms with Crippen LogP contribution in [-0.4, -0.2) is 20.8 Å². The van der Waals surface area contributed by atoms with Crippen LogP contribution in [0.4, 0.5) is 0 Å². The summed E-state index contributed by atoms with van der Waals surface area (Å²) >= 11 is 0. The lowest BCUT2D eigenvalue weighted by molar-refractivity contribution is 0.456. The summed E-state index contributed by atoms with van der Waals surface area (Å²) in [6.07, 6.45) is 1.93. The van der Waals surface area contributed by atoms with Crippen molar-refractivity contribution < 1.29 is 0 Å². The van der Waals surface area contributed by atoms with E-state index in [9.17, 15) is 0 Å². The van der Waals surface area contributed by atoms with Crippen molar-refractivity contribution in [3.63, 3.8) is 0 Å². The van der Waals surface area contributed by atoms with E-state index >= 15 is 0 Å². The fourth-order valence-electron chi connectivity index (χ4n) is 2.53. The van der Waals surface area contributed by atoms with Gasteiger partial charge in [0.1, 0.15) is 5.82 Å². The monoisotopic (exact) mass is 242 g/mol. The molecular weight excluding hydrogens is 224 g/mol. The Morgan fingerprint density at radius 2 is 2.11 bits per heavy atom. The van der Waals surface area contributed by atoms with Gasteiger partial charge in [0.15, 0.2) is 5.82 Å². The zero-order valence-electron chi connectivity index (χ0n) is 10.8. The molecule has 2 N–H and O–H groups in total. The van der Waals surface area contributed by atoms with Gasteiger partial charge in [0.25, 0.3) is 0 Å². The van der Waals surface area contributed by atoms with Crippen molar-refractivity contribution in [2.24, 2.45) is 5.73 Å². The zero-order valence-corrected chi connectivity index (χ0v) is 10.8. The summed E-state index contributed by atoms with van der Waals surface area (Å²) in [6, 6.07) is 6.65. The Hall–Kier alpha value is -1.68. The molecule has 0 radical (unpaired) electrons. The Bertz CT molecular complexity index is 585. The van der Waals surface area contributed by atoms with E-state index in [4.69, 9.17) is 5.73 Å². The average molecular weight is 242 g/mol. The molecule has 2 aromatic rings. The molecule has 94 valence electrons. The predicted octanol–water partition coefficient (Wildman–Crippen LogP) is 1.84. The number of aromatic nitrogens is 3. The molecule has 2 heterocycles. The minimum Gasteiger partial charge on any atom is -0.326 e. The van der Waals surface area contributed by atoms with Crippen molar-refractivity contribution in [2.75, 3.05) is 0 Å². The number of nitrogens with zero attached hydrogens (tertiary/aromatic N) is 3. The summed E-state index contributed by atoms with van der Waals surface area (Å²) in [5, 5.41) is 8.66. The second kappa shape index (κ2) is 4.21. The highest BCUT2D eigenvalue weighted by Crippen LogP contribution is 2.26. The molecule has 0 spiro atoms. The Labute approximate surface area is 107 Å². The van der Waals surface area contributed by atoms with E-state index in [1.54, 1.807) is 0 Å². The zero-order chi connectivity index (χ0) is 12.7. The summed E-state index contributed by atoms with van der Waals surface area (Å²) in [7, 11) is 0. The van der Waals surface area contributed by atoms with Gasteiger partial charge in [-0.2, -0.15) is 0 Å². The van der Waals surface area contributed by atoms with Crippen LogP contribution in [-0.2, 0) is 13.0 Å². The Kier molecular flexibility index (Phi) is 2.67. The van der Waals surface area contributed by atoms with E-state index in [1.165, 1.54) is 16.7 Å². The normalized spacial score (nSPS) is 18.7. The van der Waals surface area contributed by atoms with Crippen LogP contribution in [0.3, 0.4) is 0 Å². The average Bonchev–Trinajstić information content (AvgIpc) is 2.75. The van der Waals surface area contributed by atoms with E-state index in [1.807, 2.05) is 0 Å². The summed E-state index contributed by atoms with van der Waals surface area (Å²) in [6.45, 7) is 5.03. The lowest BCUT2D eigenvalue weighted by Gasteiger charge is -2.21. The third-order valence-electron chi connectivity index (χ3n) is 3.62. The van der Waals surface area contributed by atoms with Gasteiger partial charge < -0.3 is 10.3 Å². The quantitative estimate of drug-likeness (QED) is 0.830. The van der Waals surface area contributed by atoms with Gasteiger partial charge in [0, 0.05) is 24.6 Å². The van der Waals surface area contributed by atoms with Gasteiger partial charge in [0.05, 0.1) is 0 Å². The third kappa shape index (κ3) is 1.82. The van der Waals surface area contributed by atoms with Gasteiger partial charge in [-0.15, -0.1) is 10.2 Å². The minimum absolute atomic E-state index is 0.220. The summed E-state index contributed by atoms with van der Waals surface area (Å²) in [4.78, 5) is 0. The largest absolute Gasteiger partial charge is 0.326 e. The van der Waals surface area contributed by atoms with Crippen LogP contribution in [0.25, 0.3) is 11.4 Å². The predicted molar refractivity (Wildman–Crippen MR) is 71.2 cm³/mol. The third-order valence-corrected chi connectivity index (χ3v) is 3.62.